The molecule has 0 aliphatic carbocycles. The van der Waals surface area contributed by atoms with Crippen LogP contribution in [0.2, 0.25) is 0 Å². The van der Waals surface area contributed by atoms with Crippen molar-refractivity contribution < 1.29 is 30.2 Å². The molecule has 2 heterocycles. The molecule has 0 radical (unpaired) electrons. The van der Waals surface area contributed by atoms with Crippen molar-refractivity contribution in [2.24, 2.45) is 0 Å². The van der Waals surface area contributed by atoms with E-state index in [4.69, 9.17) is 0 Å². The van der Waals surface area contributed by atoms with Gasteiger partial charge in [-0.25, -0.2) is 22.5 Å². The number of imidazole rings is 2. The minimum Gasteiger partial charge on any atom is -1.00 e. The number of aryl methyl sites for hydroxylation is 2. The van der Waals surface area contributed by atoms with Crippen LogP contribution in [-0.2, 0) is 29.7 Å². The molecular weight excluding hydrogens is 414 g/mol. The number of carbonyl (C=O) groups is 1. The Kier molecular flexibility index (Phi) is 7.21. The highest BCUT2D eigenvalue weighted by atomic mass is 35.5. The fraction of sp³-hybridized carbons (Fsp3) is 0.316. The number of benzene rings is 1. The summed E-state index contributed by atoms with van der Waals surface area (Å²) in [7, 11) is -3.35. The van der Waals surface area contributed by atoms with Crippen molar-refractivity contribution in [1.82, 2.24) is 14.1 Å². The summed E-state index contributed by atoms with van der Waals surface area (Å²) in [6.45, 7) is 5.80. The van der Waals surface area contributed by atoms with Gasteiger partial charge in [-0.3, -0.25) is 9.52 Å². The quantitative estimate of drug-likeness (QED) is 0.359. The molecule has 10 heteroatoms. The number of aromatic nitrogens is 4. The van der Waals surface area contributed by atoms with E-state index in [9.17, 15) is 13.2 Å². The third-order valence-corrected chi connectivity index (χ3v) is 5.00. The van der Waals surface area contributed by atoms with Crippen molar-refractivity contribution in [3.63, 3.8) is 0 Å². The number of carbonyl (C=O) groups excluding carboxylic acids is 1. The van der Waals surface area contributed by atoms with E-state index in [2.05, 4.69) is 14.3 Å². The molecule has 0 saturated carbocycles. The van der Waals surface area contributed by atoms with E-state index >= 15 is 0 Å². The third-order valence-electron chi connectivity index (χ3n) is 4.39. The summed E-state index contributed by atoms with van der Waals surface area (Å²) in [6.07, 6.45) is 8.58. The van der Waals surface area contributed by atoms with E-state index in [1.165, 1.54) is 0 Å². The van der Waals surface area contributed by atoms with Crippen LogP contribution in [0.4, 0.5) is 5.69 Å². The topological polar surface area (TPSA) is 89.9 Å². The Balaban J connectivity index is 0.00000300. The smallest absolute Gasteiger partial charge is 0.325 e. The molecule has 0 atom stereocenters. The summed E-state index contributed by atoms with van der Waals surface area (Å²) in [4.78, 5) is 17.3. The lowest BCUT2D eigenvalue weighted by Gasteiger charge is -2.07. The Labute approximate surface area is 176 Å². The Morgan fingerprint density at radius 2 is 1.76 bits per heavy atom. The number of ketones is 1. The first-order valence-electron chi connectivity index (χ1n) is 9.03. The van der Waals surface area contributed by atoms with Crippen molar-refractivity contribution in [2.75, 3.05) is 11.0 Å². The van der Waals surface area contributed by atoms with E-state index in [1.807, 2.05) is 41.6 Å². The maximum absolute atomic E-state index is 12.8. The molecule has 1 N–H and O–H groups in total. The van der Waals surface area contributed by atoms with Gasteiger partial charge < -0.3 is 17.0 Å². The van der Waals surface area contributed by atoms with Gasteiger partial charge in [0, 0.05) is 30.2 Å². The van der Waals surface area contributed by atoms with Crippen LogP contribution < -0.4 is 21.7 Å². The maximum atomic E-state index is 12.8. The largest absolute Gasteiger partial charge is 1.00 e. The molecule has 3 rings (SSSR count). The normalized spacial score (nSPS) is 11.1. The molecule has 2 aromatic heterocycles. The molecule has 0 bridgehead atoms. The minimum atomic E-state index is -3.35. The Hall–Kier alpha value is -2.65. The van der Waals surface area contributed by atoms with Crippen molar-refractivity contribution in [1.29, 1.82) is 0 Å². The zero-order chi connectivity index (χ0) is 20.3. The van der Waals surface area contributed by atoms with Gasteiger partial charge in [0.05, 0.1) is 12.8 Å². The Bertz CT molecular complexity index is 1090. The van der Waals surface area contributed by atoms with Crippen LogP contribution in [0.15, 0.2) is 49.1 Å². The second kappa shape index (κ2) is 9.23. The molecule has 3 aromatic rings. The number of rotatable bonds is 8. The summed E-state index contributed by atoms with van der Waals surface area (Å²) in [5.74, 6) is 1.62. The van der Waals surface area contributed by atoms with E-state index in [0.717, 1.165) is 31.0 Å². The molecule has 0 unspecified atom stereocenters. The molecule has 0 aliphatic rings. The first-order valence-corrected chi connectivity index (χ1v) is 10.9. The fourth-order valence-electron chi connectivity index (χ4n) is 3.06. The molecule has 0 saturated heterocycles. The van der Waals surface area contributed by atoms with Crippen molar-refractivity contribution >= 4 is 21.5 Å². The van der Waals surface area contributed by atoms with Crippen LogP contribution in [0.3, 0.4) is 0 Å². The lowest BCUT2D eigenvalue weighted by atomic mass is 10.1. The third kappa shape index (κ3) is 5.24. The van der Waals surface area contributed by atoms with Gasteiger partial charge in [-0.15, -0.1) is 0 Å². The molecule has 8 nitrogen and oxygen atoms in total. The number of nitrogens with zero attached hydrogens (tertiary/aromatic N) is 4. The van der Waals surface area contributed by atoms with E-state index in [1.54, 1.807) is 30.5 Å². The summed E-state index contributed by atoms with van der Waals surface area (Å²) < 4.78 is 31.0. The van der Waals surface area contributed by atoms with Crippen LogP contribution in [0, 0.1) is 0 Å². The summed E-state index contributed by atoms with van der Waals surface area (Å²) >= 11 is 0. The van der Waals surface area contributed by atoms with Gasteiger partial charge >= 0.3 is 5.82 Å². The van der Waals surface area contributed by atoms with Gasteiger partial charge in [0.25, 0.3) is 0 Å². The molecule has 0 fully saturated rings. The van der Waals surface area contributed by atoms with Crippen molar-refractivity contribution in [2.45, 2.75) is 33.5 Å². The number of sulfonamides is 1. The maximum Gasteiger partial charge on any atom is 0.325 e. The SMILES string of the molecule is CCn1ccnc1-c1n(CC)cc[n+]1CC(=O)c1ccc(NS(C)(=O)=O)cc1.[Cl-]. The monoisotopic (exact) mass is 437 g/mol. The van der Waals surface area contributed by atoms with Crippen LogP contribution in [0.1, 0.15) is 24.2 Å². The molecule has 0 aliphatic heterocycles. The molecule has 0 amide bonds. The minimum absolute atomic E-state index is 0. The molecule has 1 aromatic carbocycles. The number of hydrogen-bond acceptors (Lipinski definition) is 4. The summed E-state index contributed by atoms with van der Waals surface area (Å²) in [6, 6.07) is 6.42. The van der Waals surface area contributed by atoms with Crippen LogP contribution >= 0.6 is 0 Å². The van der Waals surface area contributed by atoms with Crippen LogP contribution in [0.5, 0.6) is 0 Å². The number of halogens is 1. The highest BCUT2D eigenvalue weighted by molar-refractivity contribution is 7.92. The van der Waals surface area contributed by atoms with Crippen molar-refractivity contribution in [3.8, 4) is 11.6 Å². The molecule has 29 heavy (non-hydrogen) atoms. The average Bonchev–Trinajstić information content (AvgIpc) is 3.26. The van der Waals surface area contributed by atoms with Gasteiger partial charge in [-0.2, -0.15) is 0 Å². The van der Waals surface area contributed by atoms with Crippen LogP contribution in [-0.4, -0.2) is 34.6 Å². The molecule has 156 valence electrons. The second-order valence-corrected chi connectivity index (χ2v) is 8.20. The standard InChI is InChI=1S/C19H23N5O3S.ClH/c1-4-22-11-10-20-18(22)19-23(5-2)12-13-24(19)14-17(25)15-6-8-16(9-7-15)21-28(3,26)27;/h6-13H,4-5,14H2,1-3H3;1H. The van der Waals surface area contributed by atoms with E-state index in [0.29, 0.717) is 11.3 Å². The highest BCUT2D eigenvalue weighted by Gasteiger charge is 2.25. The predicted molar refractivity (Wildman–Crippen MR) is 106 cm³/mol. The lowest BCUT2D eigenvalue weighted by Crippen LogP contribution is -3.00. The van der Waals surface area contributed by atoms with Gasteiger partial charge in [0.15, 0.2) is 6.54 Å². The zero-order valence-corrected chi connectivity index (χ0v) is 18.1. The Morgan fingerprint density at radius 3 is 2.34 bits per heavy atom. The predicted octanol–water partition coefficient (Wildman–Crippen LogP) is -1.06. The number of hydrogen-bond donors (Lipinski definition) is 1. The van der Waals surface area contributed by atoms with Gasteiger partial charge in [-0.1, -0.05) is 0 Å². The molecule has 0 spiro atoms. The highest BCUT2D eigenvalue weighted by Crippen LogP contribution is 2.16. The van der Waals surface area contributed by atoms with Gasteiger partial charge in [0.1, 0.15) is 12.4 Å². The van der Waals surface area contributed by atoms with Crippen LogP contribution in [0.25, 0.3) is 11.6 Å². The van der Waals surface area contributed by atoms with Crippen molar-refractivity contribution in [3.05, 3.63) is 54.6 Å². The zero-order valence-electron chi connectivity index (χ0n) is 16.5. The lowest BCUT2D eigenvalue weighted by molar-refractivity contribution is -0.671. The fourth-order valence-corrected chi connectivity index (χ4v) is 3.63. The summed E-state index contributed by atoms with van der Waals surface area (Å²) in [5.41, 5.74) is 0.940. The Morgan fingerprint density at radius 1 is 1.10 bits per heavy atom. The number of Topliss-reactive ketones (excluding diaryl/α,β-unsaturated/α-hetero) is 1. The average molecular weight is 438 g/mol. The van der Waals surface area contributed by atoms with Gasteiger partial charge in [-0.05, 0) is 38.1 Å². The first-order chi connectivity index (χ1) is 13.3. The van der Waals surface area contributed by atoms with E-state index < -0.39 is 10.0 Å². The second-order valence-electron chi connectivity index (χ2n) is 6.45. The van der Waals surface area contributed by atoms with Gasteiger partial charge in [0.2, 0.25) is 21.6 Å². The first kappa shape index (κ1) is 22.6. The number of nitrogens with one attached hydrogen (secondary N) is 1. The summed E-state index contributed by atoms with van der Waals surface area (Å²) in [5, 5.41) is 0. The van der Waals surface area contributed by atoms with E-state index in [-0.39, 0.29) is 24.7 Å². The molecular formula is C19H24ClN5O3S. The number of anilines is 1.